The van der Waals surface area contributed by atoms with Crippen LogP contribution < -0.4 is 14.8 Å². The highest BCUT2D eigenvalue weighted by atomic mass is 19.1. The highest BCUT2D eigenvalue weighted by Crippen LogP contribution is 2.36. The monoisotopic (exact) mass is 395 g/mol. The third-order valence-corrected chi connectivity index (χ3v) is 5.23. The summed E-state index contributed by atoms with van der Waals surface area (Å²) in [7, 11) is 3.27. The van der Waals surface area contributed by atoms with Crippen LogP contribution in [-0.2, 0) is 13.0 Å². The van der Waals surface area contributed by atoms with Crippen molar-refractivity contribution >= 4 is 11.6 Å². The van der Waals surface area contributed by atoms with E-state index in [1.54, 1.807) is 32.5 Å². The highest BCUT2D eigenvalue weighted by molar-refractivity contribution is 6.02. The molecule has 6 nitrogen and oxygen atoms in total. The molecule has 0 saturated heterocycles. The van der Waals surface area contributed by atoms with Crippen LogP contribution in [-0.4, -0.2) is 29.7 Å². The van der Waals surface area contributed by atoms with E-state index >= 15 is 0 Å². The lowest BCUT2D eigenvalue weighted by Crippen LogP contribution is -2.19. The van der Waals surface area contributed by atoms with E-state index in [1.807, 2.05) is 22.8 Å². The molecule has 1 N–H and O–H groups in total. The summed E-state index contributed by atoms with van der Waals surface area (Å²) in [5.41, 5.74) is 1.53. The van der Waals surface area contributed by atoms with Gasteiger partial charge in [-0.05, 0) is 30.2 Å². The minimum atomic E-state index is -0.475. The lowest BCUT2D eigenvalue weighted by Gasteiger charge is -2.25. The number of anilines is 1. The molecule has 150 valence electrons. The number of halogens is 1. The molecule has 0 spiro atoms. The van der Waals surface area contributed by atoms with Crippen molar-refractivity contribution in [3.8, 4) is 11.5 Å². The molecular weight excluding hydrogens is 373 g/mol. The van der Waals surface area contributed by atoms with Crippen LogP contribution in [0.15, 0.2) is 48.7 Å². The summed E-state index contributed by atoms with van der Waals surface area (Å²) in [5.74, 6) is 1.73. The zero-order valence-corrected chi connectivity index (χ0v) is 16.3. The van der Waals surface area contributed by atoms with E-state index in [1.165, 1.54) is 12.1 Å². The first-order chi connectivity index (χ1) is 14.1. The molecule has 1 aliphatic rings. The van der Waals surface area contributed by atoms with Crippen LogP contribution in [0.2, 0.25) is 0 Å². The molecule has 2 heterocycles. The van der Waals surface area contributed by atoms with E-state index in [-0.39, 0.29) is 17.3 Å². The standard InChI is InChI=1S/C22H22FN3O3/c1-28-15-8-9-16(20(11-15)29-2)14-7-10-21-24-19(13-26(21)12-14)22(27)25-18-6-4-3-5-17(18)23/h3-6,8-9,11,13-14H,7,10,12H2,1-2H3,(H,25,27). The molecule has 0 bridgehead atoms. The number of rotatable bonds is 5. The van der Waals surface area contributed by atoms with Crippen LogP contribution in [0.25, 0.3) is 0 Å². The average Bonchev–Trinajstić information content (AvgIpc) is 3.18. The third-order valence-electron chi connectivity index (χ3n) is 5.23. The van der Waals surface area contributed by atoms with Gasteiger partial charge in [0.05, 0.1) is 19.9 Å². The zero-order chi connectivity index (χ0) is 20.4. The Balaban J connectivity index is 1.53. The van der Waals surface area contributed by atoms with Gasteiger partial charge in [0.15, 0.2) is 0 Å². The number of aryl methyl sites for hydroxylation is 1. The van der Waals surface area contributed by atoms with Crippen LogP contribution >= 0.6 is 0 Å². The molecule has 1 amide bonds. The average molecular weight is 395 g/mol. The van der Waals surface area contributed by atoms with Crippen molar-refractivity contribution in [2.24, 2.45) is 0 Å². The first kappa shape index (κ1) is 19.0. The third kappa shape index (κ3) is 3.81. The Bertz CT molecular complexity index is 1050. The van der Waals surface area contributed by atoms with Gasteiger partial charge in [0.25, 0.3) is 5.91 Å². The SMILES string of the molecule is COc1ccc(C2CCc3nc(C(=O)Nc4ccccc4F)cn3C2)c(OC)c1. The summed E-state index contributed by atoms with van der Waals surface area (Å²) in [6.45, 7) is 0.692. The number of fused-ring (bicyclic) bond motifs is 1. The van der Waals surface area contributed by atoms with Crippen molar-refractivity contribution in [1.82, 2.24) is 9.55 Å². The molecule has 2 aromatic carbocycles. The molecule has 3 aromatic rings. The number of hydrogen-bond donors (Lipinski definition) is 1. The number of ether oxygens (including phenoxy) is 2. The van der Waals surface area contributed by atoms with Crippen molar-refractivity contribution in [3.05, 3.63) is 71.6 Å². The molecular formula is C22H22FN3O3. The fourth-order valence-corrected chi connectivity index (χ4v) is 3.71. The Morgan fingerprint density at radius 3 is 2.79 bits per heavy atom. The topological polar surface area (TPSA) is 65.4 Å². The summed E-state index contributed by atoms with van der Waals surface area (Å²) in [4.78, 5) is 17.0. The van der Waals surface area contributed by atoms with Gasteiger partial charge in [-0.15, -0.1) is 0 Å². The molecule has 0 saturated carbocycles. The van der Waals surface area contributed by atoms with Crippen molar-refractivity contribution < 1.29 is 18.7 Å². The summed E-state index contributed by atoms with van der Waals surface area (Å²) >= 11 is 0. The smallest absolute Gasteiger partial charge is 0.275 e. The lowest BCUT2D eigenvalue weighted by atomic mass is 9.91. The van der Waals surface area contributed by atoms with E-state index in [4.69, 9.17) is 9.47 Å². The number of para-hydroxylation sites is 1. The summed E-state index contributed by atoms with van der Waals surface area (Å²) < 4.78 is 26.6. The molecule has 1 aliphatic heterocycles. The minimum absolute atomic E-state index is 0.143. The quantitative estimate of drug-likeness (QED) is 0.709. The molecule has 1 aromatic heterocycles. The van der Waals surface area contributed by atoms with Gasteiger partial charge in [-0.2, -0.15) is 0 Å². The number of methoxy groups -OCH3 is 2. The van der Waals surface area contributed by atoms with Crippen LogP contribution in [0.1, 0.15) is 34.2 Å². The van der Waals surface area contributed by atoms with Crippen molar-refractivity contribution in [2.75, 3.05) is 19.5 Å². The number of benzene rings is 2. The summed E-state index contributed by atoms with van der Waals surface area (Å²) in [6, 6.07) is 11.9. The highest BCUT2D eigenvalue weighted by Gasteiger charge is 2.26. The van der Waals surface area contributed by atoms with Crippen molar-refractivity contribution in [3.63, 3.8) is 0 Å². The molecule has 0 radical (unpaired) electrons. The van der Waals surface area contributed by atoms with Gasteiger partial charge in [-0.3, -0.25) is 4.79 Å². The van der Waals surface area contributed by atoms with Gasteiger partial charge in [-0.25, -0.2) is 9.37 Å². The molecule has 1 unspecified atom stereocenters. The van der Waals surface area contributed by atoms with E-state index in [2.05, 4.69) is 10.3 Å². The van der Waals surface area contributed by atoms with Crippen molar-refractivity contribution in [2.45, 2.75) is 25.3 Å². The molecule has 1 atom stereocenters. The lowest BCUT2D eigenvalue weighted by molar-refractivity contribution is 0.102. The largest absolute Gasteiger partial charge is 0.497 e. The minimum Gasteiger partial charge on any atom is -0.497 e. The van der Waals surface area contributed by atoms with Gasteiger partial charge < -0.3 is 19.4 Å². The molecule has 4 rings (SSSR count). The number of imidazole rings is 1. The Morgan fingerprint density at radius 1 is 1.21 bits per heavy atom. The first-order valence-corrected chi connectivity index (χ1v) is 9.43. The number of nitrogens with one attached hydrogen (secondary N) is 1. The molecule has 7 heteroatoms. The summed E-state index contributed by atoms with van der Waals surface area (Å²) in [6.07, 6.45) is 3.37. The normalized spacial score (nSPS) is 15.5. The fraction of sp³-hybridized carbons (Fsp3) is 0.273. The van der Waals surface area contributed by atoms with Gasteiger partial charge >= 0.3 is 0 Å². The number of amides is 1. The Morgan fingerprint density at radius 2 is 2.03 bits per heavy atom. The zero-order valence-electron chi connectivity index (χ0n) is 16.3. The first-order valence-electron chi connectivity index (χ1n) is 9.43. The van der Waals surface area contributed by atoms with E-state index in [0.29, 0.717) is 6.54 Å². The van der Waals surface area contributed by atoms with E-state index in [0.717, 1.165) is 35.7 Å². The molecule has 29 heavy (non-hydrogen) atoms. The molecule has 0 aliphatic carbocycles. The van der Waals surface area contributed by atoms with Crippen LogP contribution in [0.3, 0.4) is 0 Å². The number of carbonyl (C=O) groups is 1. The molecule has 0 fully saturated rings. The second-order valence-electron chi connectivity index (χ2n) is 6.97. The van der Waals surface area contributed by atoms with E-state index in [9.17, 15) is 9.18 Å². The fourth-order valence-electron chi connectivity index (χ4n) is 3.71. The second-order valence-corrected chi connectivity index (χ2v) is 6.97. The second kappa shape index (κ2) is 7.95. The van der Waals surface area contributed by atoms with Crippen molar-refractivity contribution in [1.29, 1.82) is 0 Å². The summed E-state index contributed by atoms with van der Waals surface area (Å²) in [5, 5.41) is 2.59. The van der Waals surface area contributed by atoms with Gasteiger partial charge in [0.1, 0.15) is 28.8 Å². The van der Waals surface area contributed by atoms with Gasteiger partial charge in [0, 0.05) is 31.1 Å². The number of hydrogen-bond acceptors (Lipinski definition) is 4. The predicted molar refractivity (Wildman–Crippen MR) is 107 cm³/mol. The van der Waals surface area contributed by atoms with Crippen LogP contribution in [0.5, 0.6) is 11.5 Å². The van der Waals surface area contributed by atoms with E-state index < -0.39 is 11.7 Å². The number of nitrogens with zero attached hydrogens (tertiary/aromatic N) is 2. The maximum Gasteiger partial charge on any atom is 0.275 e. The van der Waals surface area contributed by atoms with Crippen LogP contribution in [0, 0.1) is 5.82 Å². The number of carbonyl (C=O) groups excluding carboxylic acids is 1. The Hall–Kier alpha value is -3.35. The predicted octanol–water partition coefficient (Wildman–Crippen LogP) is 4.02. The van der Waals surface area contributed by atoms with Gasteiger partial charge in [0.2, 0.25) is 0 Å². The Kier molecular flexibility index (Phi) is 5.20. The van der Waals surface area contributed by atoms with Crippen LogP contribution in [0.4, 0.5) is 10.1 Å². The maximum atomic E-state index is 13.8. The number of aromatic nitrogens is 2. The maximum absolute atomic E-state index is 13.8. The van der Waals surface area contributed by atoms with Gasteiger partial charge in [-0.1, -0.05) is 18.2 Å². The Labute approximate surface area is 168 Å².